The molecule has 0 fully saturated rings. The summed E-state index contributed by atoms with van der Waals surface area (Å²) in [5.41, 5.74) is 6.17. The fourth-order valence-electron chi connectivity index (χ4n) is 3.83. The molecule has 2 N–H and O–H groups in total. The van der Waals surface area contributed by atoms with E-state index in [4.69, 9.17) is 0 Å². The highest BCUT2D eigenvalue weighted by molar-refractivity contribution is 6.23. The van der Waals surface area contributed by atoms with Gasteiger partial charge in [0, 0.05) is 0 Å². The van der Waals surface area contributed by atoms with Crippen molar-refractivity contribution in [1.82, 2.24) is 20.7 Å². The summed E-state index contributed by atoms with van der Waals surface area (Å²) < 4.78 is 0. The molecule has 2 aromatic carbocycles. The summed E-state index contributed by atoms with van der Waals surface area (Å²) in [4.78, 5) is 75.8. The van der Waals surface area contributed by atoms with Crippen LogP contribution in [0.3, 0.4) is 0 Å². The molecule has 0 aromatic heterocycles. The van der Waals surface area contributed by atoms with E-state index in [1.807, 2.05) is 0 Å². The van der Waals surface area contributed by atoms with Gasteiger partial charge in [-0.3, -0.25) is 38.6 Å². The van der Waals surface area contributed by atoms with Crippen LogP contribution < -0.4 is 10.9 Å². The number of hydrazone groups is 2. The molecule has 2 heterocycles. The number of nitrogens with zero attached hydrogens (tertiary/aromatic N) is 4. The number of carbonyl (C=O) groups excluding carboxylic acids is 6. The monoisotopic (exact) mass is 502 g/mol. The zero-order chi connectivity index (χ0) is 26.7. The first kappa shape index (κ1) is 25.1. The first-order valence-corrected chi connectivity index (χ1v) is 11.2. The maximum absolute atomic E-state index is 12.4. The van der Waals surface area contributed by atoms with Crippen LogP contribution in [0.15, 0.2) is 58.7 Å². The van der Waals surface area contributed by atoms with Gasteiger partial charge in [0.05, 0.1) is 46.8 Å². The van der Waals surface area contributed by atoms with Gasteiger partial charge in [-0.1, -0.05) is 24.3 Å². The van der Waals surface area contributed by atoms with Crippen molar-refractivity contribution in [1.29, 1.82) is 0 Å². The van der Waals surface area contributed by atoms with Gasteiger partial charge in [-0.25, -0.2) is 10.9 Å². The van der Waals surface area contributed by atoms with E-state index in [1.54, 1.807) is 48.5 Å². The van der Waals surface area contributed by atoms with Crippen LogP contribution in [0.4, 0.5) is 0 Å². The molecule has 6 amide bonds. The van der Waals surface area contributed by atoms with Crippen molar-refractivity contribution in [2.75, 3.05) is 13.1 Å². The molecule has 2 aromatic rings. The summed E-state index contributed by atoms with van der Waals surface area (Å²) in [6.45, 7) is 2.80. The molecule has 12 nitrogen and oxygen atoms in total. The Morgan fingerprint density at radius 1 is 0.622 bits per heavy atom. The largest absolute Gasteiger partial charge is 0.273 e. The molecule has 0 atom stereocenters. The average Bonchev–Trinajstić information content (AvgIpc) is 3.27. The summed E-state index contributed by atoms with van der Waals surface area (Å²) in [5.74, 6) is -3.28. The Hall–Kier alpha value is -5.00. The van der Waals surface area contributed by atoms with E-state index in [-0.39, 0.29) is 24.5 Å². The minimum absolute atomic E-state index is 0.125. The molecule has 0 saturated carbocycles. The zero-order valence-corrected chi connectivity index (χ0v) is 20.0. The van der Waals surface area contributed by atoms with Crippen LogP contribution in [-0.2, 0) is 9.59 Å². The number of carbonyl (C=O) groups is 6. The third-order valence-electron chi connectivity index (χ3n) is 5.59. The van der Waals surface area contributed by atoms with E-state index in [9.17, 15) is 28.8 Å². The molecule has 0 aliphatic carbocycles. The van der Waals surface area contributed by atoms with Crippen LogP contribution in [0, 0.1) is 0 Å². The van der Waals surface area contributed by atoms with Crippen molar-refractivity contribution < 1.29 is 28.8 Å². The van der Waals surface area contributed by atoms with Crippen molar-refractivity contribution in [2.24, 2.45) is 10.2 Å². The minimum Gasteiger partial charge on any atom is -0.273 e. The van der Waals surface area contributed by atoms with Crippen molar-refractivity contribution in [3.05, 3.63) is 70.8 Å². The van der Waals surface area contributed by atoms with E-state index in [1.165, 1.54) is 13.8 Å². The minimum atomic E-state index is -0.743. The molecular weight excluding hydrogens is 480 g/mol. The maximum atomic E-state index is 12.4. The topological polar surface area (TPSA) is 158 Å². The fourth-order valence-corrected chi connectivity index (χ4v) is 3.83. The lowest BCUT2D eigenvalue weighted by Gasteiger charge is -2.13. The van der Waals surface area contributed by atoms with E-state index in [2.05, 4.69) is 21.1 Å². The van der Waals surface area contributed by atoms with E-state index < -0.39 is 41.9 Å². The SMILES string of the molecule is CC(CN1C(=O)c2ccccc2C1=O)=NNC(=O)CC(=O)NN=C(C)CN1C(=O)c2ccccc2C1=O. The first-order valence-electron chi connectivity index (χ1n) is 11.2. The number of rotatable bonds is 8. The molecule has 4 rings (SSSR count). The van der Waals surface area contributed by atoms with Crippen LogP contribution in [0.25, 0.3) is 0 Å². The van der Waals surface area contributed by atoms with Crippen LogP contribution >= 0.6 is 0 Å². The molecule has 0 spiro atoms. The molecule has 12 heteroatoms. The predicted molar refractivity (Wildman–Crippen MR) is 131 cm³/mol. The van der Waals surface area contributed by atoms with Gasteiger partial charge >= 0.3 is 0 Å². The highest BCUT2D eigenvalue weighted by Gasteiger charge is 2.36. The third kappa shape index (κ3) is 5.17. The van der Waals surface area contributed by atoms with Crippen molar-refractivity contribution in [3.63, 3.8) is 0 Å². The van der Waals surface area contributed by atoms with Crippen LogP contribution in [0.2, 0.25) is 0 Å². The van der Waals surface area contributed by atoms with Gasteiger partial charge in [0.1, 0.15) is 6.42 Å². The number of imide groups is 2. The van der Waals surface area contributed by atoms with Gasteiger partial charge in [0.15, 0.2) is 0 Å². The molecule has 0 saturated heterocycles. The standard InChI is InChI=1S/C25H22N6O6/c1-14(12-30-22(34)16-7-3-4-8-17(16)23(30)35)26-28-20(32)11-21(33)29-27-15(2)13-31-24(36)18-9-5-6-10-19(18)25(31)37/h3-10H,11-13H2,1-2H3,(H,28,32)(H,29,33). The Morgan fingerprint density at radius 3 is 1.22 bits per heavy atom. The van der Waals surface area contributed by atoms with Gasteiger partial charge in [0.2, 0.25) is 11.8 Å². The molecule has 0 radical (unpaired) electrons. The van der Waals surface area contributed by atoms with Crippen molar-refractivity contribution in [2.45, 2.75) is 20.3 Å². The van der Waals surface area contributed by atoms with Gasteiger partial charge in [0.25, 0.3) is 23.6 Å². The number of hydrogen-bond acceptors (Lipinski definition) is 8. The zero-order valence-electron chi connectivity index (χ0n) is 20.0. The van der Waals surface area contributed by atoms with Crippen molar-refractivity contribution in [3.8, 4) is 0 Å². The Labute approximate surface area is 211 Å². The first-order chi connectivity index (χ1) is 17.7. The van der Waals surface area contributed by atoms with Crippen LogP contribution in [0.1, 0.15) is 61.7 Å². The summed E-state index contributed by atoms with van der Waals surface area (Å²) in [6.07, 6.45) is -0.604. The Bertz CT molecular complexity index is 1240. The Balaban J connectivity index is 1.24. The summed E-state index contributed by atoms with van der Waals surface area (Å²) in [5, 5.41) is 7.69. The number of benzene rings is 2. The van der Waals surface area contributed by atoms with Gasteiger partial charge < -0.3 is 0 Å². The third-order valence-corrected chi connectivity index (χ3v) is 5.59. The molecule has 37 heavy (non-hydrogen) atoms. The average molecular weight is 502 g/mol. The highest BCUT2D eigenvalue weighted by Crippen LogP contribution is 2.23. The van der Waals surface area contributed by atoms with Gasteiger partial charge in [-0.05, 0) is 38.1 Å². The van der Waals surface area contributed by atoms with Crippen LogP contribution in [0.5, 0.6) is 0 Å². The summed E-state index contributed by atoms with van der Waals surface area (Å²) in [6, 6.07) is 12.9. The van der Waals surface area contributed by atoms with E-state index in [0.29, 0.717) is 22.3 Å². The molecule has 188 valence electrons. The second kappa shape index (κ2) is 10.3. The molecule has 2 aliphatic rings. The van der Waals surface area contributed by atoms with Gasteiger partial charge in [-0.15, -0.1) is 0 Å². The lowest BCUT2D eigenvalue weighted by molar-refractivity contribution is -0.129. The van der Waals surface area contributed by atoms with E-state index in [0.717, 1.165) is 9.80 Å². The Morgan fingerprint density at radius 2 is 0.919 bits per heavy atom. The molecule has 2 aliphatic heterocycles. The second-order valence-corrected chi connectivity index (χ2v) is 8.42. The van der Waals surface area contributed by atoms with Crippen LogP contribution in [-0.4, -0.2) is 69.8 Å². The lowest BCUT2D eigenvalue weighted by atomic mass is 10.1. The molecule has 0 bridgehead atoms. The second-order valence-electron chi connectivity index (χ2n) is 8.42. The lowest BCUT2D eigenvalue weighted by Crippen LogP contribution is -2.36. The quantitative estimate of drug-likeness (QED) is 0.237. The normalized spacial score (nSPS) is 15.2. The number of fused-ring (bicyclic) bond motifs is 2. The molecule has 0 unspecified atom stereocenters. The predicted octanol–water partition coefficient (Wildman–Crippen LogP) is 0.953. The van der Waals surface area contributed by atoms with Gasteiger partial charge in [-0.2, -0.15) is 10.2 Å². The number of hydrogen-bond donors (Lipinski definition) is 2. The summed E-state index contributed by atoms with van der Waals surface area (Å²) >= 11 is 0. The Kier molecular flexibility index (Phi) is 7.00. The van der Waals surface area contributed by atoms with Crippen molar-refractivity contribution >= 4 is 46.9 Å². The maximum Gasteiger partial charge on any atom is 0.261 e. The van der Waals surface area contributed by atoms with E-state index >= 15 is 0 Å². The number of nitrogens with one attached hydrogen (secondary N) is 2. The molecular formula is C25H22N6O6. The fraction of sp³-hybridized carbons (Fsp3) is 0.200. The highest BCUT2D eigenvalue weighted by atomic mass is 16.2. The smallest absolute Gasteiger partial charge is 0.261 e. The number of amides is 6. The summed E-state index contributed by atoms with van der Waals surface area (Å²) in [7, 11) is 0.